The number of nitro benzene ring substituents is 1. The smallest absolute Gasteiger partial charge is 0.416 e. The summed E-state index contributed by atoms with van der Waals surface area (Å²) < 4.78 is 73.9. The van der Waals surface area contributed by atoms with Crippen molar-refractivity contribution in [1.29, 1.82) is 0 Å². The predicted molar refractivity (Wildman–Crippen MR) is 159 cm³/mol. The molecule has 2 aliphatic rings. The molecule has 1 aliphatic carbocycles. The molecule has 0 radical (unpaired) electrons. The highest BCUT2D eigenvalue weighted by atomic mass is 32.2. The molecule has 1 aliphatic heterocycles. The van der Waals surface area contributed by atoms with Crippen LogP contribution in [0.15, 0.2) is 108 Å². The maximum absolute atomic E-state index is 13.2. The van der Waals surface area contributed by atoms with Crippen molar-refractivity contribution in [2.45, 2.75) is 36.1 Å². The average Bonchev–Trinajstić information content (AvgIpc) is 3.50. The molecule has 6 rings (SSSR count). The summed E-state index contributed by atoms with van der Waals surface area (Å²) in [6.07, 6.45) is 0.320. The first kappa shape index (κ1) is 29.2. The second kappa shape index (κ2) is 11.3. The SMILES string of the molecule is O=[N+]([O-])c1ccc(COc2ccc([C@H]3Nc4ccc(S(=O)(=O)Nc5cccc(C(F)(F)F)c5)cc4[C@H]4C=CC[C@H]43)cc2)cc1. The molecule has 0 saturated heterocycles. The van der Waals surface area contributed by atoms with Crippen LogP contribution in [-0.4, -0.2) is 13.3 Å². The van der Waals surface area contributed by atoms with E-state index >= 15 is 0 Å². The first-order valence-electron chi connectivity index (χ1n) is 13.7. The van der Waals surface area contributed by atoms with Crippen molar-refractivity contribution in [3.63, 3.8) is 0 Å². The van der Waals surface area contributed by atoms with Gasteiger partial charge in [-0.05, 0) is 89.7 Å². The summed E-state index contributed by atoms with van der Waals surface area (Å²) in [4.78, 5) is 10.4. The maximum atomic E-state index is 13.2. The number of alkyl halides is 3. The number of ether oxygens (including phenoxy) is 1. The zero-order valence-electron chi connectivity index (χ0n) is 23.0. The van der Waals surface area contributed by atoms with E-state index in [1.54, 1.807) is 24.3 Å². The van der Waals surface area contributed by atoms with E-state index < -0.39 is 26.7 Å². The van der Waals surface area contributed by atoms with Gasteiger partial charge in [0.25, 0.3) is 15.7 Å². The molecule has 0 spiro atoms. The van der Waals surface area contributed by atoms with E-state index in [9.17, 15) is 31.7 Å². The number of rotatable bonds is 8. The number of nitrogens with zero attached hydrogens (tertiary/aromatic N) is 1. The molecule has 0 unspecified atom stereocenters. The van der Waals surface area contributed by atoms with Gasteiger partial charge in [0.05, 0.1) is 21.4 Å². The normalized spacial score (nSPS) is 19.0. The molecule has 3 atom stereocenters. The Kier molecular flexibility index (Phi) is 7.54. The molecule has 0 aromatic heterocycles. The molecule has 4 aromatic carbocycles. The van der Waals surface area contributed by atoms with E-state index in [-0.39, 0.29) is 40.8 Å². The van der Waals surface area contributed by atoms with E-state index in [2.05, 4.69) is 22.2 Å². The quantitative estimate of drug-likeness (QED) is 0.118. The van der Waals surface area contributed by atoms with Gasteiger partial charge in [-0.25, -0.2) is 8.42 Å². The van der Waals surface area contributed by atoms with Crippen LogP contribution in [0.1, 0.15) is 40.6 Å². The molecular formula is C32H26F3N3O5S. The number of hydrogen-bond acceptors (Lipinski definition) is 6. The van der Waals surface area contributed by atoms with Gasteiger partial charge in [-0.15, -0.1) is 0 Å². The lowest BCUT2D eigenvalue weighted by Gasteiger charge is -2.37. The summed E-state index contributed by atoms with van der Waals surface area (Å²) >= 11 is 0. The third-order valence-electron chi connectivity index (χ3n) is 7.88. The summed E-state index contributed by atoms with van der Waals surface area (Å²) in [5.41, 5.74) is 2.31. The van der Waals surface area contributed by atoms with E-state index in [0.717, 1.165) is 47.0 Å². The largest absolute Gasteiger partial charge is 0.489 e. The summed E-state index contributed by atoms with van der Waals surface area (Å²) in [6.45, 7) is 0.259. The average molecular weight is 622 g/mol. The number of nitrogens with one attached hydrogen (secondary N) is 2. The Labute approximate surface area is 251 Å². The van der Waals surface area contributed by atoms with Crippen molar-refractivity contribution < 1.29 is 31.2 Å². The Morgan fingerprint density at radius 3 is 2.43 bits per heavy atom. The highest BCUT2D eigenvalue weighted by molar-refractivity contribution is 7.92. The van der Waals surface area contributed by atoms with Gasteiger partial charge in [0, 0.05) is 29.4 Å². The number of benzene rings is 4. The number of nitro groups is 1. The van der Waals surface area contributed by atoms with E-state index in [4.69, 9.17) is 4.74 Å². The number of sulfonamides is 1. The third-order valence-corrected chi connectivity index (χ3v) is 9.26. The van der Waals surface area contributed by atoms with Gasteiger partial charge in [0.2, 0.25) is 0 Å². The summed E-state index contributed by atoms with van der Waals surface area (Å²) in [7, 11) is -4.15. The van der Waals surface area contributed by atoms with Crippen LogP contribution in [0, 0.1) is 16.0 Å². The maximum Gasteiger partial charge on any atom is 0.416 e. The standard InChI is InChI=1S/C32H26F3N3O5S/c33-32(34,35)22-3-1-4-23(17-22)37-44(41,42)26-15-16-30-29(18-26)27-5-2-6-28(27)31(36-30)21-9-13-25(14-10-21)43-19-20-7-11-24(12-8-20)38(39)40/h1-5,7-18,27-28,31,36-37H,6,19H2/t27-,28+,31+/m0/s1. The number of hydrogen-bond donors (Lipinski definition) is 2. The topological polar surface area (TPSA) is 111 Å². The summed E-state index contributed by atoms with van der Waals surface area (Å²) in [6, 6.07) is 22.6. The van der Waals surface area contributed by atoms with Gasteiger partial charge >= 0.3 is 6.18 Å². The molecule has 1 heterocycles. The first-order chi connectivity index (χ1) is 21.0. The Bertz CT molecular complexity index is 1840. The van der Waals surface area contributed by atoms with Gasteiger partial charge in [0.1, 0.15) is 12.4 Å². The van der Waals surface area contributed by atoms with Crippen LogP contribution in [-0.2, 0) is 22.8 Å². The van der Waals surface area contributed by atoms with Crippen molar-refractivity contribution in [3.05, 3.63) is 136 Å². The van der Waals surface area contributed by atoms with Gasteiger partial charge in [-0.1, -0.05) is 30.4 Å². The van der Waals surface area contributed by atoms with Crippen LogP contribution >= 0.6 is 0 Å². The Morgan fingerprint density at radius 2 is 1.73 bits per heavy atom. The molecule has 12 heteroatoms. The number of non-ortho nitro benzene ring substituents is 1. The Hall–Kier alpha value is -4.84. The minimum absolute atomic E-state index is 0.0176. The molecular weight excluding hydrogens is 595 g/mol. The van der Waals surface area contributed by atoms with Gasteiger partial charge < -0.3 is 10.1 Å². The van der Waals surface area contributed by atoms with Crippen molar-refractivity contribution in [3.8, 4) is 5.75 Å². The highest BCUT2D eigenvalue weighted by Gasteiger charge is 2.38. The lowest BCUT2D eigenvalue weighted by atomic mass is 9.77. The zero-order chi connectivity index (χ0) is 31.1. The second-order valence-electron chi connectivity index (χ2n) is 10.7. The minimum atomic E-state index is -4.60. The van der Waals surface area contributed by atoms with Crippen LogP contribution < -0.4 is 14.8 Å². The minimum Gasteiger partial charge on any atom is -0.489 e. The first-order valence-corrected chi connectivity index (χ1v) is 15.2. The van der Waals surface area contributed by atoms with Crippen molar-refractivity contribution in [2.75, 3.05) is 10.0 Å². The van der Waals surface area contributed by atoms with Gasteiger partial charge in [-0.3, -0.25) is 14.8 Å². The fraction of sp³-hybridized carbons (Fsp3) is 0.188. The third kappa shape index (κ3) is 5.98. The number of anilines is 2. The highest BCUT2D eigenvalue weighted by Crippen LogP contribution is 2.50. The molecule has 2 N–H and O–H groups in total. The fourth-order valence-corrected chi connectivity index (χ4v) is 6.78. The van der Waals surface area contributed by atoms with Crippen molar-refractivity contribution in [2.24, 2.45) is 5.92 Å². The molecule has 44 heavy (non-hydrogen) atoms. The van der Waals surface area contributed by atoms with Crippen LogP contribution in [0.25, 0.3) is 0 Å². The number of halogens is 3. The zero-order valence-corrected chi connectivity index (χ0v) is 23.8. The lowest BCUT2D eigenvalue weighted by Crippen LogP contribution is -2.29. The van der Waals surface area contributed by atoms with E-state index in [1.165, 1.54) is 24.3 Å². The molecule has 4 aromatic rings. The van der Waals surface area contributed by atoms with E-state index in [1.807, 2.05) is 24.3 Å². The Morgan fingerprint density at radius 1 is 0.977 bits per heavy atom. The van der Waals surface area contributed by atoms with Crippen LogP contribution in [0.5, 0.6) is 5.75 Å². The van der Waals surface area contributed by atoms with Crippen molar-refractivity contribution >= 4 is 27.1 Å². The van der Waals surface area contributed by atoms with Crippen molar-refractivity contribution in [1.82, 2.24) is 0 Å². The molecule has 0 fully saturated rings. The molecule has 226 valence electrons. The monoisotopic (exact) mass is 621 g/mol. The molecule has 0 amide bonds. The summed E-state index contributed by atoms with van der Waals surface area (Å²) in [5.74, 6) is 0.703. The fourth-order valence-electron chi connectivity index (χ4n) is 5.69. The Balaban J connectivity index is 1.18. The predicted octanol–water partition coefficient (Wildman–Crippen LogP) is 7.82. The number of fused-ring (bicyclic) bond motifs is 3. The molecule has 8 nitrogen and oxygen atoms in total. The van der Waals surface area contributed by atoms with Gasteiger partial charge in [0.15, 0.2) is 0 Å². The van der Waals surface area contributed by atoms with E-state index in [0.29, 0.717) is 5.75 Å². The van der Waals surface area contributed by atoms with Gasteiger partial charge in [-0.2, -0.15) is 13.2 Å². The molecule has 0 bridgehead atoms. The second-order valence-corrected chi connectivity index (χ2v) is 12.4. The number of allylic oxidation sites excluding steroid dienone is 2. The molecule has 0 saturated carbocycles. The van der Waals surface area contributed by atoms with Crippen LogP contribution in [0.2, 0.25) is 0 Å². The van der Waals surface area contributed by atoms with Crippen LogP contribution in [0.4, 0.5) is 30.2 Å². The summed E-state index contributed by atoms with van der Waals surface area (Å²) in [5, 5.41) is 14.4. The lowest BCUT2D eigenvalue weighted by molar-refractivity contribution is -0.384. The van der Waals surface area contributed by atoms with Crippen LogP contribution in [0.3, 0.4) is 0 Å².